The predicted molar refractivity (Wildman–Crippen MR) is 80.6 cm³/mol. The lowest BCUT2D eigenvalue weighted by molar-refractivity contribution is 0.666. The first-order chi connectivity index (χ1) is 9.72. The molecule has 1 fully saturated rings. The number of nitrogens with two attached hydrogens (primary N) is 1. The Balaban J connectivity index is 1.99. The molecule has 1 unspecified atom stereocenters. The highest BCUT2D eigenvalue weighted by Crippen LogP contribution is 2.39. The van der Waals surface area contributed by atoms with Gasteiger partial charge in [0.25, 0.3) is 0 Å². The molecule has 5 nitrogen and oxygen atoms in total. The third-order valence-corrected chi connectivity index (χ3v) is 4.06. The summed E-state index contributed by atoms with van der Waals surface area (Å²) in [5.74, 6) is 1.05. The number of anilines is 2. The minimum atomic E-state index is 0.353. The monoisotopic (exact) mass is 271 g/mol. The molecular formula is C15H21N5. The molecule has 0 aliphatic carbocycles. The van der Waals surface area contributed by atoms with E-state index in [2.05, 4.69) is 28.0 Å². The van der Waals surface area contributed by atoms with E-state index >= 15 is 0 Å². The molecule has 2 N–H and O–H groups in total. The zero-order chi connectivity index (χ0) is 14.1. The first-order valence-corrected chi connectivity index (χ1v) is 7.20. The van der Waals surface area contributed by atoms with Crippen LogP contribution in [0.3, 0.4) is 0 Å². The van der Waals surface area contributed by atoms with Crippen molar-refractivity contribution in [3.63, 3.8) is 0 Å². The molecule has 106 valence electrons. The molecule has 1 aliphatic heterocycles. The highest BCUT2D eigenvalue weighted by atomic mass is 15.4. The second-order valence-electron chi connectivity index (χ2n) is 5.30. The number of hydrogen-bond donors (Lipinski definition) is 1. The number of pyridine rings is 1. The van der Waals surface area contributed by atoms with Gasteiger partial charge < -0.3 is 10.6 Å². The predicted octanol–water partition coefficient (Wildman–Crippen LogP) is 2.30. The minimum absolute atomic E-state index is 0.353. The molecule has 3 heterocycles. The topological polar surface area (TPSA) is 60.0 Å². The van der Waals surface area contributed by atoms with Crippen molar-refractivity contribution in [1.29, 1.82) is 0 Å². The Morgan fingerprint density at radius 1 is 1.45 bits per heavy atom. The molecule has 0 bridgehead atoms. The summed E-state index contributed by atoms with van der Waals surface area (Å²) in [5.41, 5.74) is 9.36. The third-order valence-electron chi connectivity index (χ3n) is 4.06. The Bertz CT molecular complexity index is 590. The SMILES string of the molecule is CCc1nn(C)c(N2CCCC2c2cccnc2)c1N. The van der Waals surface area contributed by atoms with Crippen LogP contribution in [-0.2, 0) is 13.5 Å². The first kappa shape index (κ1) is 13.0. The van der Waals surface area contributed by atoms with E-state index < -0.39 is 0 Å². The van der Waals surface area contributed by atoms with Gasteiger partial charge in [-0.25, -0.2) is 0 Å². The Labute approximate surface area is 119 Å². The van der Waals surface area contributed by atoms with Crippen molar-refractivity contribution in [1.82, 2.24) is 14.8 Å². The minimum Gasteiger partial charge on any atom is -0.394 e. The maximum absolute atomic E-state index is 6.29. The van der Waals surface area contributed by atoms with E-state index in [0.717, 1.165) is 36.6 Å². The molecule has 1 atom stereocenters. The molecule has 0 spiro atoms. The van der Waals surface area contributed by atoms with E-state index in [9.17, 15) is 0 Å². The Morgan fingerprint density at radius 3 is 2.95 bits per heavy atom. The molecule has 1 saturated heterocycles. The molecule has 0 saturated carbocycles. The fourth-order valence-corrected chi connectivity index (χ4v) is 3.13. The summed E-state index contributed by atoms with van der Waals surface area (Å²) in [6, 6.07) is 4.49. The summed E-state index contributed by atoms with van der Waals surface area (Å²) < 4.78 is 1.92. The standard InChI is InChI=1S/C15H21N5/c1-3-12-14(16)15(19(2)18-12)20-9-5-7-13(20)11-6-4-8-17-10-11/h4,6,8,10,13H,3,5,7,9,16H2,1-2H3. The summed E-state index contributed by atoms with van der Waals surface area (Å²) in [4.78, 5) is 6.62. The first-order valence-electron chi connectivity index (χ1n) is 7.20. The van der Waals surface area contributed by atoms with Gasteiger partial charge in [-0.15, -0.1) is 0 Å². The molecule has 20 heavy (non-hydrogen) atoms. The number of hydrogen-bond acceptors (Lipinski definition) is 4. The quantitative estimate of drug-likeness (QED) is 0.930. The van der Waals surface area contributed by atoms with Crippen LogP contribution < -0.4 is 10.6 Å². The van der Waals surface area contributed by atoms with Crippen LogP contribution in [0.25, 0.3) is 0 Å². The lowest BCUT2D eigenvalue weighted by Gasteiger charge is -2.27. The highest BCUT2D eigenvalue weighted by Gasteiger charge is 2.30. The lowest BCUT2D eigenvalue weighted by atomic mass is 10.1. The molecule has 3 rings (SSSR count). The molecule has 0 aromatic carbocycles. The summed E-state index contributed by atoms with van der Waals surface area (Å²) in [6.45, 7) is 3.11. The smallest absolute Gasteiger partial charge is 0.150 e. The van der Waals surface area contributed by atoms with Crippen molar-refractivity contribution in [3.05, 3.63) is 35.8 Å². The number of aromatic nitrogens is 3. The van der Waals surface area contributed by atoms with Crippen molar-refractivity contribution >= 4 is 11.5 Å². The Morgan fingerprint density at radius 2 is 2.30 bits per heavy atom. The van der Waals surface area contributed by atoms with E-state index in [0.29, 0.717) is 6.04 Å². The summed E-state index contributed by atoms with van der Waals surface area (Å²) in [6.07, 6.45) is 6.95. The van der Waals surface area contributed by atoms with Crippen LogP contribution in [0.2, 0.25) is 0 Å². The van der Waals surface area contributed by atoms with Crippen molar-refractivity contribution in [2.75, 3.05) is 17.2 Å². The van der Waals surface area contributed by atoms with Gasteiger partial charge in [-0.3, -0.25) is 9.67 Å². The maximum atomic E-state index is 6.29. The number of nitrogens with zero attached hydrogens (tertiary/aromatic N) is 4. The van der Waals surface area contributed by atoms with E-state index in [-0.39, 0.29) is 0 Å². The lowest BCUT2D eigenvalue weighted by Crippen LogP contribution is -2.25. The fourth-order valence-electron chi connectivity index (χ4n) is 3.13. The van der Waals surface area contributed by atoms with Gasteiger partial charge in [-0.2, -0.15) is 5.10 Å². The van der Waals surface area contributed by atoms with Crippen molar-refractivity contribution < 1.29 is 0 Å². The molecule has 0 radical (unpaired) electrons. The number of nitrogen functional groups attached to an aromatic ring is 1. The average Bonchev–Trinajstić information content (AvgIpc) is 3.04. The van der Waals surface area contributed by atoms with Crippen molar-refractivity contribution in [3.8, 4) is 0 Å². The zero-order valence-electron chi connectivity index (χ0n) is 12.1. The van der Waals surface area contributed by atoms with E-state index in [1.54, 1.807) is 0 Å². The molecule has 2 aromatic rings. The summed E-state index contributed by atoms with van der Waals surface area (Å²) in [5, 5.41) is 4.54. The van der Waals surface area contributed by atoms with E-state index in [1.807, 2.05) is 30.2 Å². The summed E-state index contributed by atoms with van der Waals surface area (Å²) in [7, 11) is 1.98. The molecule has 1 aliphatic rings. The van der Waals surface area contributed by atoms with Crippen LogP contribution in [0.1, 0.15) is 37.1 Å². The number of aryl methyl sites for hydroxylation is 2. The van der Waals surface area contributed by atoms with E-state index in [1.165, 1.54) is 12.0 Å². The third kappa shape index (κ3) is 2.03. The number of rotatable bonds is 3. The summed E-state index contributed by atoms with van der Waals surface area (Å²) >= 11 is 0. The molecule has 5 heteroatoms. The van der Waals surface area contributed by atoms with Crippen LogP contribution in [0.15, 0.2) is 24.5 Å². The second kappa shape index (κ2) is 5.15. The molecule has 2 aromatic heterocycles. The van der Waals surface area contributed by atoms with Gasteiger partial charge in [0.1, 0.15) is 0 Å². The zero-order valence-corrected chi connectivity index (χ0v) is 12.1. The fraction of sp³-hybridized carbons (Fsp3) is 0.467. The van der Waals surface area contributed by atoms with Gasteiger partial charge in [0.2, 0.25) is 0 Å². The van der Waals surface area contributed by atoms with Gasteiger partial charge in [-0.05, 0) is 30.9 Å². The Kier molecular flexibility index (Phi) is 3.34. The van der Waals surface area contributed by atoms with Gasteiger partial charge >= 0.3 is 0 Å². The van der Waals surface area contributed by atoms with Crippen LogP contribution in [0, 0.1) is 0 Å². The molecular weight excluding hydrogens is 250 g/mol. The normalized spacial score (nSPS) is 18.7. The van der Waals surface area contributed by atoms with Gasteiger partial charge in [0, 0.05) is 26.0 Å². The van der Waals surface area contributed by atoms with Crippen LogP contribution >= 0.6 is 0 Å². The second-order valence-corrected chi connectivity index (χ2v) is 5.30. The average molecular weight is 271 g/mol. The van der Waals surface area contributed by atoms with Gasteiger partial charge in [0.05, 0.1) is 17.4 Å². The highest BCUT2D eigenvalue weighted by molar-refractivity contribution is 5.67. The van der Waals surface area contributed by atoms with Crippen molar-refractivity contribution in [2.24, 2.45) is 7.05 Å². The van der Waals surface area contributed by atoms with Crippen LogP contribution in [0.5, 0.6) is 0 Å². The van der Waals surface area contributed by atoms with E-state index in [4.69, 9.17) is 5.73 Å². The van der Waals surface area contributed by atoms with Crippen LogP contribution in [-0.4, -0.2) is 21.3 Å². The van der Waals surface area contributed by atoms with Gasteiger partial charge in [0.15, 0.2) is 5.82 Å². The molecule has 0 amide bonds. The van der Waals surface area contributed by atoms with Crippen molar-refractivity contribution in [2.45, 2.75) is 32.2 Å². The van der Waals surface area contributed by atoms with Crippen LogP contribution in [0.4, 0.5) is 11.5 Å². The Hall–Kier alpha value is -2.04. The van der Waals surface area contributed by atoms with Gasteiger partial charge in [-0.1, -0.05) is 13.0 Å². The maximum Gasteiger partial charge on any atom is 0.150 e. The largest absolute Gasteiger partial charge is 0.394 e.